The molecule has 0 bridgehead atoms. The molecule has 0 atom stereocenters. The molecule has 6 heteroatoms. The standard InChI is InChI=1S/Cr.Fe.3O.Zn. The molecule has 0 saturated carbocycles. The monoisotopic (exact) mass is 220 g/mol. The molecule has 0 aromatic carbocycles. The van der Waals surface area contributed by atoms with Gasteiger partial charge in [-0.25, -0.2) is 0 Å². The summed E-state index contributed by atoms with van der Waals surface area (Å²) < 4.78 is 24.5. The first kappa shape index (κ1) is 15.7. The molecule has 0 aliphatic heterocycles. The van der Waals surface area contributed by atoms with Crippen LogP contribution in [0.25, 0.3) is 0 Å². The van der Waals surface area contributed by atoms with Gasteiger partial charge in [0.05, 0.1) is 0 Å². The molecule has 6 heavy (non-hydrogen) atoms. The van der Waals surface area contributed by atoms with E-state index in [0.29, 0.717) is 0 Å². The molecular weight excluding hydrogens is 221 g/mol. The van der Waals surface area contributed by atoms with Gasteiger partial charge in [0, 0.05) is 0 Å². The Balaban J connectivity index is -0.0000000225. The minimum atomic E-state index is 0.125. The van der Waals surface area contributed by atoms with E-state index in [1.54, 1.807) is 0 Å². The molecule has 0 heterocycles. The fraction of sp³-hybridized carbons (Fsp3) is 0. The van der Waals surface area contributed by atoms with Gasteiger partial charge in [-0.05, 0) is 0 Å². The van der Waals surface area contributed by atoms with Crippen molar-refractivity contribution in [2.24, 2.45) is 0 Å². The van der Waals surface area contributed by atoms with Crippen molar-refractivity contribution in [2.75, 3.05) is 0 Å². The van der Waals surface area contributed by atoms with E-state index in [0.717, 1.165) is 0 Å². The van der Waals surface area contributed by atoms with Gasteiger partial charge in [-0.15, -0.1) is 0 Å². The van der Waals surface area contributed by atoms with Crippen molar-refractivity contribution in [2.45, 2.75) is 0 Å². The molecule has 0 unspecified atom stereocenters. The predicted molar refractivity (Wildman–Crippen MR) is 2.06 cm³/mol. The second-order valence-corrected chi connectivity index (χ2v) is 0. The Bertz CT molecular complexity index is 15.5. The first-order valence-corrected chi connectivity index (χ1v) is 2.78. The molecule has 0 rings (SSSR count). The van der Waals surface area contributed by atoms with Crippen molar-refractivity contribution >= 4 is 0 Å². The quantitative estimate of drug-likeness (QED) is 0.525. The van der Waals surface area contributed by atoms with Gasteiger partial charge in [0.2, 0.25) is 0 Å². The average Bonchev–Trinajstić information content (AvgIpc) is 1.81. The van der Waals surface area contributed by atoms with Crippen LogP contribution < -0.4 is 0 Å². The van der Waals surface area contributed by atoms with E-state index in [-0.39, 0.29) is 18.3 Å². The zero-order valence-electron chi connectivity index (χ0n) is 2.69. The van der Waals surface area contributed by atoms with Crippen LogP contribution in [0, 0.1) is 0 Å². The van der Waals surface area contributed by atoms with Crippen molar-refractivity contribution in [1.82, 2.24) is 0 Å². The Labute approximate surface area is 61.5 Å². The van der Waals surface area contributed by atoms with Gasteiger partial charge < -0.3 is 0 Å². The van der Waals surface area contributed by atoms with Crippen LogP contribution >= 0.6 is 0 Å². The Morgan fingerprint density at radius 2 is 1.17 bits per heavy atom. The van der Waals surface area contributed by atoms with E-state index in [1.165, 1.54) is 16.2 Å². The van der Waals surface area contributed by atoms with E-state index in [9.17, 15) is 0 Å². The molecule has 0 aliphatic carbocycles. The van der Waals surface area contributed by atoms with Crippen molar-refractivity contribution in [3.63, 3.8) is 0 Å². The number of hydrogen-bond acceptors (Lipinski definition) is 3. The number of rotatable bonds is 0. The Hall–Kier alpha value is 1.08. The third-order valence-electron chi connectivity index (χ3n) is 0. The summed E-state index contributed by atoms with van der Waals surface area (Å²) in [6, 6.07) is 0. The van der Waals surface area contributed by atoms with E-state index in [1.807, 2.05) is 15.9 Å². The zero-order chi connectivity index (χ0) is 6.00. The molecule has 0 radical (unpaired) electrons. The third kappa shape index (κ3) is 72.9. The molecule has 0 aromatic rings. The van der Waals surface area contributed by atoms with Crippen LogP contribution in [-0.4, -0.2) is 0 Å². The van der Waals surface area contributed by atoms with Crippen LogP contribution in [0.5, 0.6) is 0 Å². The SMILES string of the molecule is [O]=[Cr].[O]=[Fe].[O]=[Zn]. The van der Waals surface area contributed by atoms with Crippen molar-refractivity contribution in [1.29, 1.82) is 0 Å². The normalized spacial score (nSPS) is 2.50. The van der Waals surface area contributed by atoms with Gasteiger partial charge in [0.1, 0.15) is 0 Å². The second-order valence-electron chi connectivity index (χ2n) is 0. The molecule has 0 amide bonds. The van der Waals surface area contributed by atoms with Gasteiger partial charge in [-0.3, -0.25) is 0 Å². The van der Waals surface area contributed by atoms with Crippen LogP contribution in [0.3, 0.4) is 0 Å². The van der Waals surface area contributed by atoms with Crippen LogP contribution in [0.1, 0.15) is 0 Å². The summed E-state index contributed by atoms with van der Waals surface area (Å²) in [7, 11) is 0. The third-order valence-corrected chi connectivity index (χ3v) is 0. The van der Waals surface area contributed by atoms with Gasteiger partial charge in [0.15, 0.2) is 0 Å². The fourth-order valence-electron chi connectivity index (χ4n) is 0. The van der Waals surface area contributed by atoms with E-state index in [4.69, 9.17) is 11.2 Å². The molecule has 0 aliphatic rings. The average molecular weight is 221 g/mol. The maximum atomic E-state index is 8.38. The van der Waals surface area contributed by atoms with E-state index >= 15 is 0 Å². The molecule has 0 saturated heterocycles. The molecule has 0 spiro atoms. The molecule has 0 fully saturated rings. The zero-order valence-corrected chi connectivity index (χ0v) is 8.04. The minimum absolute atomic E-state index is 0.125. The molecular formula is CrFeO3Zn. The van der Waals surface area contributed by atoms with E-state index < -0.39 is 0 Å². The maximum absolute atomic E-state index is 8.38. The summed E-state index contributed by atoms with van der Waals surface area (Å²) in [6.45, 7) is 0. The second kappa shape index (κ2) is 135. The molecule has 34 valence electrons. The first-order valence-electron chi connectivity index (χ1n) is 0.600. The first-order chi connectivity index (χ1) is 3.00. The summed E-state index contributed by atoms with van der Waals surface area (Å²) in [4.78, 5) is 0. The molecule has 3 nitrogen and oxygen atoms in total. The van der Waals surface area contributed by atoms with Crippen molar-refractivity contribution in [3.8, 4) is 0 Å². The summed E-state index contributed by atoms with van der Waals surface area (Å²) in [5, 5.41) is 0. The Kier molecular flexibility index (Phi) is 355. The van der Waals surface area contributed by atoms with Crippen molar-refractivity contribution in [3.05, 3.63) is 0 Å². The molecule has 0 N–H and O–H groups in total. The van der Waals surface area contributed by atoms with Gasteiger partial charge in [-0.1, -0.05) is 0 Å². The van der Waals surface area contributed by atoms with Gasteiger partial charge in [0.25, 0.3) is 0 Å². The Morgan fingerprint density at radius 3 is 1.17 bits per heavy atom. The van der Waals surface area contributed by atoms with Crippen molar-refractivity contribution < 1.29 is 61.6 Å². The number of hydrogen-bond donors (Lipinski definition) is 0. The summed E-state index contributed by atoms with van der Waals surface area (Å²) >= 11 is 3.50. The van der Waals surface area contributed by atoms with Gasteiger partial charge >= 0.3 is 61.6 Å². The molecule has 0 aromatic heterocycles. The van der Waals surface area contributed by atoms with Crippen LogP contribution in [-0.2, 0) is 61.6 Å². The van der Waals surface area contributed by atoms with Crippen LogP contribution in [0.2, 0.25) is 0 Å². The van der Waals surface area contributed by atoms with E-state index in [2.05, 4.69) is 0 Å². The Morgan fingerprint density at radius 1 is 1.17 bits per heavy atom. The summed E-state index contributed by atoms with van der Waals surface area (Å²) in [6.07, 6.45) is 0. The predicted octanol–water partition coefficient (Wildman–Crippen LogP) is -0.364. The van der Waals surface area contributed by atoms with Crippen LogP contribution in [0.4, 0.5) is 0 Å². The van der Waals surface area contributed by atoms with Gasteiger partial charge in [-0.2, -0.15) is 0 Å². The summed E-state index contributed by atoms with van der Waals surface area (Å²) in [5.41, 5.74) is 0. The fourth-order valence-corrected chi connectivity index (χ4v) is 0. The van der Waals surface area contributed by atoms with Crippen LogP contribution in [0.15, 0.2) is 0 Å². The topological polar surface area (TPSA) is 51.2 Å². The summed E-state index contributed by atoms with van der Waals surface area (Å²) in [5.74, 6) is 0.